The lowest BCUT2D eigenvalue weighted by Gasteiger charge is -2.28. The number of hydrogen-bond acceptors (Lipinski definition) is 2. The Labute approximate surface area is 104 Å². The Morgan fingerprint density at radius 1 is 1.35 bits per heavy atom. The molecule has 0 aromatic heterocycles. The molecule has 2 atom stereocenters. The first-order valence-corrected chi connectivity index (χ1v) is 6.73. The van der Waals surface area contributed by atoms with Gasteiger partial charge in [0.05, 0.1) is 0 Å². The van der Waals surface area contributed by atoms with Crippen molar-refractivity contribution >= 4 is 0 Å². The van der Waals surface area contributed by atoms with Crippen LogP contribution in [-0.4, -0.2) is 23.8 Å². The third-order valence-corrected chi connectivity index (χ3v) is 3.66. The molecule has 0 saturated heterocycles. The molecule has 2 N–H and O–H groups in total. The fourth-order valence-corrected chi connectivity index (χ4v) is 2.72. The maximum atomic E-state index is 8.82. The van der Waals surface area contributed by atoms with Crippen LogP contribution in [0.4, 0.5) is 0 Å². The second-order valence-corrected chi connectivity index (χ2v) is 5.14. The van der Waals surface area contributed by atoms with E-state index in [9.17, 15) is 0 Å². The molecule has 0 radical (unpaired) electrons. The number of rotatable bonds is 5. The first-order chi connectivity index (χ1) is 8.29. The van der Waals surface area contributed by atoms with E-state index in [1.807, 2.05) is 0 Å². The van der Waals surface area contributed by atoms with Crippen LogP contribution < -0.4 is 5.32 Å². The topological polar surface area (TPSA) is 32.3 Å². The summed E-state index contributed by atoms with van der Waals surface area (Å²) in [6.45, 7) is 2.52. The van der Waals surface area contributed by atoms with Crippen LogP contribution in [0.3, 0.4) is 0 Å². The lowest BCUT2D eigenvalue weighted by atomic mass is 9.88. The molecule has 2 unspecified atom stereocenters. The highest BCUT2D eigenvalue weighted by atomic mass is 16.2. The summed E-state index contributed by atoms with van der Waals surface area (Å²) in [7, 11) is 0. The second kappa shape index (κ2) is 6.18. The van der Waals surface area contributed by atoms with Crippen molar-refractivity contribution in [2.24, 2.45) is 0 Å². The summed E-state index contributed by atoms with van der Waals surface area (Å²) in [4.78, 5) is 0. The van der Waals surface area contributed by atoms with Crippen molar-refractivity contribution in [2.45, 2.75) is 51.1 Å². The van der Waals surface area contributed by atoms with Gasteiger partial charge in [0.25, 0.3) is 0 Å². The Kier molecular flexibility index (Phi) is 4.57. The van der Waals surface area contributed by atoms with Crippen LogP contribution in [0.15, 0.2) is 24.3 Å². The van der Waals surface area contributed by atoms with E-state index in [2.05, 4.69) is 36.5 Å². The molecule has 0 saturated carbocycles. The van der Waals surface area contributed by atoms with Crippen molar-refractivity contribution in [3.8, 4) is 0 Å². The highest BCUT2D eigenvalue weighted by molar-refractivity contribution is 5.30. The lowest BCUT2D eigenvalue weighted by molar-refractivity contribution is 0.272. The van der Waals surface area contributed by atoms with E-state index in [4.69, 9.17) is 5.11 Å². The number of benzene rings is 1. The summed E-state index contributed by atoms with van der Waals surface area (Å²) in [5.74, 6) is 0. The van der Waals surface area contributed by atoms with Gasteiger partial charge in [-0.15, -0.1) is 0 Å². The summed E-state index contributed by atoms with van der Waals surface area (Å²) in [5, 5.41) is 12.5. The van der Waals surface area contributed by atoms with Gasteiger partial charge < -0.3 is 10.4 Å². The zero-order valence-corrected chi connectivity index (χ0v) is 10.7. The van der Waals surface area contributed by atoms with Gasteiger partial charge in [-0.1, -0.05) is 24.3 Å². The van der Waals surface area contributed by atoms with E-state index < -0.39 is 0 Å². The Balaban J connectivity index is 1.85. The average molecular weight is 233 g/mol. The van der Waals surface area contributed by atoms with E-state index >= 15 is 0 Å². The number of aliphatic hydroxyl groups is 1. The minimum atomic E-state index is 0.305. The molecule has 0 aliphatic heterocycles. The van der Waals surface area contributed by atoms with Gasteiger partial charge in [0, 0.05) is 18.7 Å². The molecular weight excluding hydrogens is 210 g/mol. The van der Waals surface area contributed by atoms with Gasteiger partial charge in [-0.25, -0.2) is 0 Å². The fraction of sp³-hybridized carbons (Fsp3) is 0.600. The number of aryl methyl sites for hydroxylation is 1. The van der Waals surface area contributed by atoms with Gasteiger partial charge in [0.1, 0.15) is 0 Å². The molecule has 17 heavy (non-hydrogen) atoms. The molecule has 1 aromatic carbocycles. The Bertz CT molecular complexity index is 351. The summed E-state index contributed by atoms with van der Waals surface area (Å²) < 4.78 is 0. The van der Waals surface area contributed by atoms with Gasteiger partial charge in [-0.2, -0.15) is 0 Å². The summed E-state index contributed by atoms with van der Waals surface area (Å²) in [6.07, 6.45) is 5.55. The van der Waals surface area contributed by atoms with E-state index in [0.29, 0.717) is 18.7 Å². The van der Waals surface area contributed by atoms with E-state index in [-0.39, 0.29) is 0 Å². The van der Waals surface area contributed by atoms with Gasteiger partial charge in [0.2, 0.25) is 0 Å². The molecule has 0 bridgehead atoms. The normalized spacial score (nSPS) is 20.9. The van der Waals surface area contributed by atoms with Crippen LogP contribution in [0.5, 0.6) is 0 Å². The predicted octanol–water partition coefficient (Wildman–Crippen LogP) is 2.29. The van der Waals surface area contributed by atoms with E-state index in [1.165, 1.54) is 24.0 Å². The second-order valence-electron chi connectivity index (χ2n) is 5.14. The minimum absolute atomic E-state index is 0.305. The SMILES string of the molecule is CC(CCCO)NC1CCc2ccccc2C1. The molecule has 0 spiro atoms. The molecule has 0 amide bonds. The third-order valence-electron chi connectivity index (χ3n) is 3.66. The first-order valence-electron chi connectivity index (χ1n) is 6.73. The Morgan fingerprint density at radius 3 is 2.88 bits per heavy atom. The van der Waals surface area contributed by atoms with Crippen LogP contribution in [0.25, 0.3) is 0 Å². The molecule has 2 rings (SSSR count). The molecule has 1 aliphatic rings. The highest BCUT2D eigenvalue weighted by Gasteiger charge is 2.19. The molecule has 94 valence electrons. The number of nitrogens with one attached hydrogen (secondary N) is 1. The predicted molar refractivity (Wildman–Crippen MR) is 71.2 cm³/mol. The van der Waals surface area contributed by atoms with Crippen LogP contribution in [0.2, 0.25) is 0 Å². The summed E-state index contributed by atoms with van der Waals surface area (Å²) in [6, 6.07) is 9.89. The average Bonchev–Trinajstić information content (AvgIpc) is 2.36. The van der Waals surface area contributed by atoms with Crippen molar-refractivity contribution in [3.05, 3.63) is 35.4 Å². The molecular formula is C15H23NO. The fourth-order valence-electron chi connectivity index (χ4n) is 2.72. The smallest absolute Gasteiger partial charge is 0.0431 e. The highest BCUT2D eigenvalue weighted by Crippen LogP contribution is 2.21. The zero-order chi connectivity index (χ0) is 12.1. The molecule has 0 heterocycles. The van der Waals surface area contributed by atoms with Gasteiger partial charge in [-0.3, -0.25) is 0 Å². The maximum absolute atomic E-state index is 8.82. The summed E-state index contributed by atoms with van der Waals surface area (Å²) in [5.41, 5.74) is 3.03. The van der Waals surface area contributed by atoms with Crippen molar-refractivity contribution in [1.82, 2.24) is 5.32 Å². The maximum Gasteiger partial charge on any atom is 0.0431 e. The molecule has 2 heteroatoms. The van der Waals surface area contributed by atoms with Crippen molar-refractivity contribution in [3.63, 3.8) is 0 Å². The van der Waals surface area contributed by atoms with E-state index in [1.54, 1.807) is 0 Å². The van der Waals surface area contributed by atoms with Crippen molar-refractivity contribution in [2.75, 3.05) is 6.61 Å². The van der Waals surface area contributed by atoms with Gasteiger partial charge >= 0.3 is 0 Å². The van der Waals surface area contributed by atoms with Crippen LogP contribution >= 0.6 is 0 Å². The number of hydrogen-bond donors (Lipinski definition) is 2. The Morgan fingerprint density at radius 2 is 2.12 bits per heavy atom. The Hall–Kier alpha value is -0.860. The quantitative estimate of drug-likeness (QED) is 0.818. The first kappa shape index (κ1) is 12.6. The third kappa shape index (κ3) is 3.55. The zero-order valence-electron chi connectivity index (χ0n) is 10.7. The molecule has 0 fully saturated rings. The van der Waals surface area contributed by atoms with Gasteiger partial charge in [-0.05, 0) is 50.2 Å². The van der Waals surface area contributed by atoms with Crippen molar-refractivity contribution in [1.29, 1.82) is 0 Å². The minimum Gasteiger partial charge on any atom is -0.396 e. The molecule has 2 nitrogen and oxygen atoms in total. The van der Waals surface area contributed by atoms with Crippen LogP contribution in [0, 0.1) is 0 Å². The number of fused-ring (bicyclic) bond motifs is 1. The van der Waals surface area contributed by atoms with Crippen molar-refractivity contribution < 1.29 is 5.11 Å². The van der Waals surface area contributed by atoms with Crippen LogP contribution in [-0.2, 0) is 12.8 Å². The number of aliphatic hydroxyl groups excluding tert-OH is 1. The standard InChI is InChI=1S/C15H23NO/c1-12(5-4-10-17)16-15-9-8-13-6-2-3-7-14(13)11-15/h2-3,6-7,12,15-17H,4-5,8-11H2,1H3. The summed E-state index contributed by atoms with van der Waals surface area (Å²) >= 11 is 0. The van der Waals surface area contributed by atoms with E-state index in [0.717, 1.165) is 19.3 Å². The molecule has 1 aromatic rings. The lowest BCUT2D eigenvalue weighted by Crippen LogP contribution is -2.40. The molecule has 1 aliphatic carbocycles. The van der Waals surface area contributed by atoms with Crippen LogP contribution in [0.1, 0.15) is 37.3 Å². The monoisotopic (exact) mass is 233 g/mol. The van der Waals surface area contributed by atoms with Gasteiger partial charge in [0.15, 0.2) is 0 Å². The largest absolute Gasteiger partial charge is 0.396 e.